The molecule has 0 aromatic carbocycles. The van der Waals surface area contributed by atoms with E-state index in [9.17, 15) is 73.2 Å². The molecule has 0 aromatic rings. The Morgan fingerprint density at radius 3 is 1.11 bits per heavy atom. The first-order valence-electron chi connectivity index (χ1n) is 37.9. The molecule has 0 radical (unpaired) electrons. The molecule has 7 amide bonds. The van der Waals surface area contributed by atoms with Crippen LogP contribution in [0.15, 0.2) is 0 Å². The molecule has 0 aromatic heterocycles. The van der Waals surface area contributed by atoms with Gasteiger partial charge in [-0.2, -0.15) is 11.8 Å². The predicted octanol–water partition coefficient (Wildman–Crippen LogP) is 10.6. The van der Waals surface area contributed by atoms with Crippen molar-refractivity contribution < 1.29 is 82.6 Å². The van der Waals surface area contributed by atoms with Gasteiger partial charge in [-0.05, 0) is 39.5 Å². The number of carboxylic acids is 2. The highest BCUT2D eigenvalue weighted by molar-refractivity contribution is 7.99. The molecular weight excluding hydrogens is 1280 g/mol. The number of rotatable bonds is 68. The molecule has 0 spiro atoms. The number of nitrogens with one attached hydrogen (secondary N) is 7. The van der Waals surface area contributed by atoms with Crippen LogP contribution in [0.5, 0.6) is 0 Å². The first-order chi connectivity index (χ1) is 47.1. The van der Waals surface area contributed by atoms with E-state index in [1.165, 1.54) is 179 Å². The topological polar surface area (TPSA) is 371 Å². The lowest BCUT2D eigenvalue weighted by Crippen LogP contribution is -2.60. The van der Waals surface area contributed by atoms with E-state index in [1.807, 2.05) is 5.32 Å². The Hall–Kier alpha value is -5.56. The second-order valence-electron chi connectivity index (χ2n) is 26.5. The molecule has 11 N–H and O–H groups in total. The van der Waals surface area contributed by atoms with Crippen LogP contribution in [-0.4, -0.2) is 166 Å². The molecule has 0 aliphatic carbocycles. The fourth-order valence-electron chi connectivity index (χ4n) is 11.1. The van der Waals surface area contributed by atoms with Crippen molar-refractivity contribution in [3.8, 4) is 0 Å². The zero-order valence-electron chi connectivity index (χ0n) is 60.9. The van der Waals surface area contributed by atoms with Gasteiger partial charge < -0.3 is 67.1 Å². The maximum absolute atomic E-state index is 13.8. The smallest absolute Gasteiger partial charge is 0.328 e. The molecule has 0 rings (SSSR count). The zero-order valence-corrected chi connectivity index (χ0v) is 61.7. The maximum Gasteiger partial charge on any atom is 0.328 e. The van der Waals surface area contributed by atoms with Crippen molar-refractivity contribution in [1.29, 1.82) is 0 Å². The molecule has 0 saturated heterocycles. The Morgan fingerprint density at radius 2 is 0.714 bits per heavy atom. The summed E-state index contributed by atoms with van der Waals surface area (Å²) in [5, 5.41) is 54.9. The third-order valence-corrected chi connectivity index (χ3v) is 18.3. The molecule has 0 unspecified atom stereocenters. The fraction of sp³-hybridized carbons (Fsp3) is 0.849. The van der Waals surface area contributed by atoms with Crippen LogP contribution in [0.25, 0.3) is 0 Å². The monoisotopic (exact) mass is 1410 g/mol. The Labute approximate surface area is 591 Å². The van der Waals surface area contributed by atoms with Crippen molar-refractivity contribution in [2.75, 3.05) is 37.7 Å². The number of aliphatic carboxylic acids is 2. The quantitative estimate of drug-likeness (QED) is 0.0199. The number of amides is 7. The number of carboxylic acid groups (broad SMARTS) is 2. The molecule has 568 valence electrons. The number of unbranched alkanes of at least 4 members (excludes halogenated alkanes) is 36. The van der Waals surface area contributed by atoms with Crippen LogP contribution in [0.4, 0.5) is 0 Å². The Balaban J connectivity index is 5.87. The SMILES string of the molecule is CCCCCCCCCCCCCCCC(=O)N[C@@H](CSC[C@@H](COC(=O)CCCCCCCCCCCCCCC)OC(=O)CCCCCCCCCCCCCCC)C(=O)NCC(=O)NCC(=O)NCC(=O)N[C@@H](CCC(=O)O)C(=O)N[C@H](C(=O)N[C@H](C(=O)O)[C@@H](C)O)[C@@H](C)O. The molecule has 25 heteroatoms. The largest absolute Gasteiger partial charge is 0.481 e. The van der Waals surface area contributed by atoms with E-state index in [-0.39, 0.29) is 49.3 Å². The van der Waals surface area contributed by atoms with Crippen LogP contribution in [0.2, 0.25) is 0 Å². The number of hydrogen-bond acceptors (Lipinski definition) is 16. The van der Waals surface area contributed by atoms with E-state index < -0.39 is 128 Å². The van der Waals surface area contributed by atoms with E-state index in [0.29, 0.717) is 19.3 Å². The zero-order chi connectivity index (χ0) is 72.8. The standard InChI is InChI=1S/C73H133N7O17S/c1-6-9-12-15-18-21-24-27-30-33-36-39-42-45-61(83)78-60(70(91)76-51-63(85)74-50-62(84)75-52-64(86)77-59(48-49-65(87)88)71(92)79-68(56(4)81)72(93)80-69(57(5)82)73(94)95)55-98-54-58(97-67(90)47-44-41-38-35-32-29-26-23-20-17-14-11-8-3)53-96-66(89)46-43-40-37-34-31-28-25-22-19-16-13-10-7-2/h56-60,68-69,81-82H,6-55H2,1-5H3,(H,74,85)(H,75,84)(H,76,91)(H,77,86)(H,78,83)(H,79,92)(H,80,93)(H,87,88)(H,94,95)/t56-,57-,58-,59+,60+,68+,69+/m1/s1. The van der Waals surface area contributed by atoms with E-state index in [1.54, 1.807) is 0 Å². The van der Waals surface area contributed by atoms with Crippen molar-refractivity contribution in [3.63, 3.8) is 0 Å². The summed E-state index contributed by atoms with van der Waals surface area (Å²) in [7, 11) is 0. The summed E-state index contributed by atoms with van der Waals surface area (Å²) in [6, 6.07) is -6.42. The number of esters is 2. The summed E-state index contributed by atoms with van der Waals surface area (Å²) in [5.74, 6) is -9.78. The highest BCUT2D eigenvalue weighted by Crippen LogP contribution is 2.19. The van der Waals surface area contributed by atoms with Gasteiger partial charge in [0.1, 0.15) is 30.8 Å². The number of ether oxygens (including phenoxy) is 2. The number of aliphatic hydroxyl groups is 2. The van der Waals surface area contributed by atoms with Gasteiger partial charge in [-0.15, -0.1) is 0 Å². The molecule has 0 aliphatic heterocycles. The van der Waals surface area contributed by atoms with Crippen molar-refractivity contribution in [2.45, 2.75) is 360 Å². The van der Waals surface area contributed by atoms with Crippen LogP contribution in [0, 0.1) is 0 Å². The molecule has 24 nitrogen and oxygen atoms in total. The summed E-state index contributed by atoms with van der Waals surface area (Å²) in [4.78, 5) is 141. The van der Waals surface area contributed by atoms with Gasteiger partial charge in [0.15, 0.2) is 6.04 Å². The number of hydrogen-bond donors (Lipinski definition) is 11. The van der Waals surface area contributed by atoms with Crippen molar-refractivity contribution >= 4 is 77.0 Å². The normalized spacial score (nSPS) is 13.3. The molecule has 0 saturated carbocycles. The maximum atomic E-state index is 13.8. The Kier molecular flexibility index (Phi) is 60.0. The van der Waals surface area contributed by atoms with Crippen LogP contribution in [0.3, 0.4) is 0 Å². The fourth-order valence-corrected chi connectivity index (χ4v) is 12.1. The summed E-state index contributed by atoms with van der Waals surface area (Å²) in [5.41, 5.74) is 0. The highest BCUT2D eigenvalue weighted by Gasteiger charge is 2.34. The van der Waals surface area contributed by atoms with Crippen molar-refractivity contribution in [3.05, 3.63) is 0 Å². The summed E-state index contributed by atoms with van der Waals surface area (Å²) in [6.45, 7) is 6.59. The summed E-state index contributed by atoms with van der Waals surface area (Å²) < 4.78 is 11.6. The molecule has 98 heavy (non-hydrogen) atoms. The number of thioether (sulfide) groups is 1. The minimum Gasteiger partial charge on any atom is -0.481 e. The van der Waals surface area contributed by atoms with Crippen LogP contribution >= 0.6 is 11.8 Å². The average Bonchev–Trinajstić information content (AvgIpc) is 0.887. The average molecular weight is 1410 g/mol. The van der Waals surface area contributed by atoms with Crippen molar-refractivity contribution in [1.82, 2.24) is 37.2 Å². The van der Waals surface area contributed by atoms with Gasteiger partial charge in [0.2, 0.25) is 41.4 Å². The molecule has 0 heterocycles. The number of aliphatic hydroxyl groups excluding tert-OH is 2. The lowest BCUT2D eigenvalue weighted by Gasteiger charge is -2.26. The highest BCUT2D eigenvalue weighted by atomic mass is 32.2. The van der Waals surface area contributed by atoms with Crippen LogP contribution in [0.1, 0.15) is 317 Å². The summed E-state index contributed by atoms with van der Waals surface area (Å²) >= 11 is 1.21. The molecular formula is C73H133N7O17S. The predicted molar refractivity (Wildman–Crippen MR) is 384 cm³/mol. The number of carbonyl (C=O) groups is 11. The first-order valence-corrected chi connectivity index (χ1v) is 39.0. The van der Waals surface area contributed by atoms with Gasteiger partial charge in [-0.25, -0.2) is 4.79 Å². The van der Waals surface area contributed by atoms with Gasteiger partial charge >= 0.3 is 23.9 Å². The number of carbonyl (C=O) groups excluding carboxylic acids is 9. The molecule has 0 aliphatic rings. The van der Waals surface area contributed by atoms with Gasteiger partial charge in [-0.1, -0.05) is 252 Å². The minimum atomic E-state index is -1.82. The van der Waals surface area contributed by atoms with E-state index in [2.05, 4.69) is 52.7 Å². The van der Waals surface area contributed by atoms with E-state index in [0.717, 1.165) is 78.1 Å². The molecule has 0 fully saturated rings. The Morgan fingerprint density at radius 1 is 0.357 bits per heavy atom. The van der Waals surface area contributed by atoms with Crippen LogP contribution < -0.4 is 37.2 Å². The lowest BCUT2D eigenvalue weighted by atomic mass is 10.0. The third kappa shape index (κ3) is 55.2. The van der Waals surface area contributed by atoms with Gasteiger partial charge in [-0.3, -0.25) is 47.9 Å². The van der Waals surface area contributed by atoms with Crippen LogP contribution in [-0.2, 0) is 62.2 Å². The molecule has 7 atom stereocenters. The second kappa shape index (κ2) is 63.6. The van der Waals surface area contributed by atoms with E-state index >= 15 is 0 Å². The summed E-state index contributed by atoms with van der Waals surface area (Å²) in [6.07, 6.45) is 40.4. The van der Waals surface area contributed by atoms with Crippen molar-refractivity contribution in [2.24, 2.45) is 0 Å². The minimum absolute atomic E-state index is 0.00540. The third-order valence-electron chi connectivity index (χ3n) is 17.2. The van der Waals surface area contributed by atoms with Gasteiger partial charge in [0.05, 0.1) is 31.8 Å². The Bertz CT molecular complexity index is 2180. The van der Waals surface area contributed by atoms with E-state index in [4.69, 9.17) is 9.47 Å². The second-order valence-corrected chi connectivity index (χ2v) is 27.6. The molecule has 0 bridgehead atoms. The first kappa shape index (κ1) is 92.4. The lowest BCUT2D eigenvalue weighted by molar-refractivity contribution is -0.157. The van der Waals surface area contributed by atoms with Gasteiger partial charge in [0.25, 0.3) is 0 Å². The van der Waals surface area contributed by atoms with Gasteiger partial charge in [0, 0.05) is 37.2 Å².